The third-order valence-electron chi connectivity index (χ3n) is 4.85. The van der Waals surface area contributed by atoms with E-state index in [1.807, 2.05) is 12.4 Å². The SMILES string of the molecule is C[C@@H](N[C@H]1c2ccccc2CCC1(C)C)c1nccn1C. The Labute approximate surface area is 127 Å². The maximum absolute atomic E-state index is 4.49. The molecule has 1 N–H and O–H groups in total. The van der Waals surface area contributed by atoms with Crippen molar-refractivity contribution in [2.24, 2.45) is 12.5 Å². The Morgan fingerprint density at radius 1 is 1.33 bits per heavy atom. The molecule has 1 heterocycles. The van der Waals surface area contributed by atoms with Gasteiger partial charge in [0.1, 0.15) is 5.82 Å². The van der Waals surface area contributed by atoms with E-state index in [4.69, 9.17) is 0 Å². The predicted octanol–water partition coefficient (Wildman–Crippen LogP) is 3.78. The van der Waals surface area contributed by atoms with Crippen molar-refractivity contribution in [2.45, 2.75) is 45.7 Å². The average Bonchev–Trinajstić information content (AvgIpc) is 2.88. The van der Waals surface area contributed by atoms with Gasteiger partial charge in [0.2, 0.25) is 0 Å². The number of benzene rings is 1. The molecule has 1 aliphatic carbocycles. The normalized spacial score (nSPS) is 21.8. The highest BCUT2D eigenvalue weighted by Gasteiger charge is 2.36. The van der Waals surface area contributed by atoms with Gasteiger partial charge in [-0.25, -0.2) is 4.98 Å². The summed E-state index contributed by atoms with van der Waals surface area (Å²) in [4.78, 5) is 4.49. The summed E-state index contributed by atoms with van der Waals surface area (Å²) in [5.74, 6) is 1.09. The monoisotopic (exact) mass is 283 g/mol. The molecule has 2 aromatic rings. The van der Waals surface area contributed by atoms with Gasteiger partial charge in [-0.3, -0.25) is 0 Å². The van der Waals surface area contributed by atoms with Crippen LogP contribution in [0.4, 0.5) is 0 Å². The summed E-state index contributed by atoms with van der Waals surface area (Å²) in [5.41, 5.74) is 3.20. The van der Waals surface area contributed by atoms with Crippen molar-refractivity contribution in [1.82, 2.24) is 14.9 Å². The number of imidazole rings is 1. The first kappa shape index (κ1) is 14.3. The number of aryl methyl sites for hydroxylation is 2. The first-order valence-corrected chi connectivity index (χ1v) is 7.80. The molecular weight excluding hydrogens is 258 g/mol. The summed E-state index contributed by atoms with van der Waals surface area (Å²) in [6.07, 6.45) is 6.27. The predicted molar refractivity (Wildman–Crippen MR) is 86.0 cm³/mol. The van der Waals surface area contributed by atoms with E-state index in [0.717, 1.165) is 5.82 Å². The van der Waals surface area contributed by atoms with E-state index in [9.17, 15) is 0 Å². The van der Waals surface area contributed by atoms with E-state index in [-0.39, 0.29) is 11.5 Å². The number of aromatic nitrogens is 2. The van der Waals surface area contributed by atoms with Crippen molar-refractivity contribution >= 4 is 0 Å². The summed E-state index contributed by atoms with van der Waals surface area (Å²) >= 11 is 0. The van der Waals surface area contributed by atoms with Crippen LogP contribution in [0.15, 0.2) is 36.7 Å². The van der Waals surface area contributed by atoms with Gasteiger partial charge in [0.05, 0.1) is 6.04 Å². The molecule has 0 fully saturated rings. The van der Waals surface area contributed by atoms with Gasteiger partial charge in [-0.15, -0.1) is 0 Å². The Morgan fingerprint density at radius 2 is 2.10 bits per heavy atom. The number of fused-ring (bicyclic) bond motifs is 1. The van der Waals surface area contributed by atoms with Gasteiger partial charge in [0, 0.05) is 25.5 Å². The second kappa shape index (κ2) is 5.30. The number of nitrogens with zero attached hydrogens (tertiary/aromatic N) is 2. The Kier molecular flexibility index (Phi) is 3.62. The summed E-state index contributed by atoms with van der Waals surface area (Å²) < 4.78 is 2.10. The van der Waals surface area contributed by atoms with Crippen molar-refractivity contribution in [1.29, 1.82) is 0 Å². The molecule has 3 nitrogen and oxygen atoms in total. The highest BCUT2D eigenvalue weighted by molar-refractivity contribution is 5.34. The van der Waals surface area contributed by atoms with Crippen molar-refractivity contribution in [3.8, 4) is 0 Å². The van der Waals surface area contributed by atoms with Crippen molar-refractivity contribution in [2.75, 3.05) is 0 Å². The summed E-state index contributed by atoms with van der Waals surface area (Å²) in [5, 5.41) is 3.83. The van der Waals surface area contributed by atoms with Crippen LogP contribution < -0.4 is 5.32 Å². The fourth-order valence-electron chi connectivity index (χ4n) is 3.50. The van der Waals surface area contributed by atoms with Crippen LogP contribution >= 0.6 is 0 Å². The minimum absolute atomic E-state index is 0.237. The largest absolute Gasteiger partial charge is 0.337 e. The van der Waals surface area contributed by atoms with Crippen LogP contribution in [0.1, 0.15) is 56.2 Å². The van der Waals surface area contributed by atoms with E-state index in [1.54, 1.807) is 0 Å². The molecule has 2 atom stereocenters. The van der Waals surface area contributed by atoms with E-state index in [1.165, 1.54) is 24.0 Å². The Morgan fingerprint density at radius 3 is 2.81 bits per heavy atom. The van der Waals surface area contributed by atoms with Crippen LogP contribution in [0, 0.1) is 5.41 Å². The highest BCUT2D eigenvalue weighted by Crippen LogP contribution is 2.44. The van der Waals surface area contributed by atoms with Gasteiger partial charge in [-0.2, -0.15) is 0 Å². The molecule has 112 valence electrons. The molecule has 0 saturated carbocycles. The van der Waals surface area contributed by atoms with E-state index >= 15 is 0 Å². The Balaban J connectivity index is 1.91. The molecule has 0 aliphatic heterocycles. The number of hydrogen-bond donors (Lipinski definition) is 1. The molecule has 1 aliphatic rings. The Hall–Kier alpha value is -1.61. The molecule has 1 aromatic carbocycles. The molecular formula is C18H25N3. The first-order chi connectivity index (χ1) is 9.99. The van der Waals surface area contributed by atoms with Crippen LogP contribution in [0.5, 0.6) is 0 Å². The smallest absolute Gasteiger partial charge is 0.125 e. The molecule has 0 amide bonds. The number of hydrogen-bond acceptors (Lipinski definition) is 2. The van der Waals surface area contributed by atoms with Crippen molar-refractivity contribution in [3.63, 3.8) is 0 Å². The fourth-order valence-corrected chi connectivity index (χ4v) is 3.50. The highest BCUT2D eigenvalue weighted by atomic mass is 15.1. The second-order valence-electron chi connectivity index (χ2n) is 6.91. The lowest BCUT2D eigenvalue weighted by Crippen LogP contribution is -2.39. The van der Waals surface area contributed by atoms with Crippen LogP contribution in [0.2, 0.25) is 0 Å². The molecule has 1 aromatic heterocycles. The first-order valence-electron chi connectivity index (χ1n) is 7.80. The summed E-state index contributed by atoms with van der Waals surface area (Å²) in [7, 11) is 2.06. The summed E-state index contributed by atoms with van der Waals surface area (Å²) in [6.45, 7) is 6.94. The molecule has 0 radical (unpaired) electrons. The van der Waals surface area contributed by atoms with Crippen molar-refractivity contribution < 1.29 is 0 Å². The lowest BCUT2D eigenvalue weighted by Gasteiger charge is -2.42. The topological polar surface area (TPSA) is 29.9 Å². The average molecular weight is 283 g/mol. The van der Waals surface area contributed by atoms with Gasteiger partial charge in [-0.1, -0.05) is 38.1 Å². The second-order valence-corrected chi connectivity index (χ2v) is 6.91. The van der Waals surface area contributed by atoms with Crippen LogP contribution in [0.25, 0.3) is 0 Å². The lowest BCUT2D eigenvalue weighted by atomic mass is 9.70. The zero-order valence-electron chi connectivity index (χ0n) is 13.4. The molecule has 21 heavy (non-hydrogen) atoms. The van der Waals surface area contributed by atoms with Crippen LogP contribution in [-0.4, -0.2) is 9.55 Å². The standard InChI is InChI=1S/C18H25N3/c1-13(17-19-11-12-21(17)4)20-16-15-8-6-5-7-14(15)9-10-18(16,2)3/h5-8,11-13,16,20H,9-10H2,1-4H3/t13-,16+/m1/s1. The zero-order valence-corrected chi connectivity index (χ0v) is 13.4. The minimum atomic E-state index is 0.237. The fraction of sp³-hybridized carbons (Fsp3) is 0.500. The van der Waals surface area contributed by atoms with Crippen LogP contribution in [0.3, 0.4) is 0 Å². The molecule has 3 heteroatoms. The van der Waals surface area contributed by atoms with Gasteiger partial charge in [0.15, 0.2) is 0 Å². The molecule has 0 spiro atoms. The minimum Gasteiger partial charge on any atom is -0.337 e. The molecule has 0 bridgehead atoms. The summed E-state index contributed by atoms with van der Waals surface area (Å²) in [6, 6.07) is 9.45. The quantitative estimate of drug-likeness (QED) is 0.929. The van der Waals surface area contributed by atoms with Crippen molar-refractivity contribution in [3.05, 3.63) is 53.6 Å². The number of nitrogens with one attached hydrogen (secondary N) is 1. The van der Waals surface area contributed by atoms with E-state index < -0.39 is 0 Å². The van der Waals surface area contributed by atoms with Crippen LogP contribution in [-0.2, 0) is 13.5 Å². The van der Waals surface area contributed by atoms with Gasteiger partial charge >= 0.3 is 0 Å². The number of rotatable bonds is 3. The Bertz CT molecular complexity index is 627. The maximum Gasteiger partial charge on any atom is 0.125 e. The van der Waals surface area contributed by atoms with Gasteiger partial charge in [-0.05, 0) is 36.3 Å². The molecule has 0 saturated heterocycles. The maximum atomic E-state index is 4.49. The lowest BCUT2D eigenvalue weighted by molar-refractivity contribution is 0.194. The third kappa shape index (κ3) is 2.62. The van der Waals surface area contributed by atoms with Gasteiger partial charge < -0.3 is 9.88 Å². The zero-order chi connectivity index (χ0) is 15.0. The van der Waals surface area contributed by atoms with E-state index in [0.29, 0.717) is 6.04 Å². The van der Waals surface area contributed by atoms with Gasteiger partial charge in [0.25, 0.3) is 0 Å². The third-order valence-corrected chi connectivity index (χ3v) is 4.85. The van der Waals surface area contributed by atoms with E-state index in [2.05, 4.69) is 67.0 Å². The molecule has 0 unspecified atom stereocenters. The molecule has 3 rings (SSSR count).